The van der Waals surface area contributed by atoms with Gasteiger partial charge in [-0.3, -0.25) is 19.7 Å². The fraction of sp³-hybridized carbons (Fsp3) is 0.259. The number of ether oxygens (including phenoxy) is 1. The molecule has 174 valence electrons. The van der Waals surface area contributed by atoms with E-state index < -0.39 is 34.5 Å². The van der Waals surface area contributed by atoms with Crippen LogP contribution in [0.2, 0.25) is 0 Å². The highest BCUT2D eigenvalue weighted by Crippen LogP contribution is 2.45. The van der Waals surface area contributed by atoms with E-state index in [1.807, 2.05) is 31.2 Å². The Labute approximate surface area is 197 Å². The molecular weight excluding hydrogens is 434 g/mol. The molecule has 3 aromatic rings. The van der Waals surface area contributed by atoms with Gasteiger partial charge >= 0.3 is 0 Å². The van der Waals surface area contributed by atoms with Crippen molar-refractivity contribution in [2.45, 2.75) is 31.2 Å². The van der Waals surface area contributed by atoms with Crippen molar-refractivity contribution in [2.24, 2.45) is 5.92 Å². The maximum atomic E-state index is 13.3. The lowest BCUT2D eigenvalue weighted by Gasteiger charge is -2.35. The Balaban J connectivity index is 1.72. The van der Waals surface area contributed by atoms with Crippen LogP contribution in [0.5, 0.6) is 5.75 Å². The zero-order valence-electron chi connectivity index (χ0n) is 18.9. The molecule has 1 fully saturated rings. The molecule has 1 heterocycles. The maximum Gasteiger partial charge on any atom is 0.231 e. The zero-order chi connectivity index (χ0) is 24.2. The lowest BCUT2D eigenvalue weighted by molar-refractivity contribution is -0.533. The Morgan fingerprint density at radius 1 is 1.12 bits per heavy atom. The molecule has 0 aliphatic heterocycles. The van der Waals surface area contributed by atoms with Gasteiger partial charge in [-0.1, -0.05) is 48.0 Å². The topological polar surface area (TPSA) is 99.7 Å². The summed E-state index contributed by atoms with van der Waals surface area (Å²) in [5.74, 6) is -2.85. The highest BCUT2D eigenvalue weighted by molar-refractivity contribution is 6.10. The summed E-state index contributed by atoms with van der Waals surface area (Å²) in [5, 5.41) is 12.4. The molecular formula is C27H25NO6. The molecule has 1 unspecified atom stereocenters. The van der Waals surface area contributed by atoms with Crippen LogP contribution in [0.25, 0.3) is 6.08 Å². The summed E-state index contributed by atoms with van der Waals surface area (Å²) in [4.78, 5) is 38.6. The molecule has 7 heteroatoms. The number of nitro groups is 1. The first-order chi connectivity index (χ1) is 16.4. The van der Waals surface area contributed by atoms with E-state index in [4.69, 9.17) is 9.15 Å². The quantitative estimate of drug-likeness (QED) is 0.214. The van der Waals surface area contributed by atoms with Gasteiger partial charge in [-0.15, -0.1) is 0 Å². The van der Waals surface area contributed by atoms with Crippen molar-refractivity contribution in [1.29, 1.82) is 0 Å². The monoisotopic (exact) mass is 459 g/mol. The first-order valence-corrected chi connectivity index (χ1v) is 11.0. The van der Waals surface area contributed by atoms with Crippen molar-refractivity contribution < 1.29 is 23.7 Å². The molecule has 1 aliphatic carbocycles. The Morgan fingerprint density at radius 3 is 2.41 bits per heavy atom. The van der Waals surface area contributed by atoms with Crippen molar-refractivity contribution in [3.05, 3.63) is 106 Å². The number of carbonyl (C=O) groups is 2. The molecule has 1 saturated carbocycles. The van der Waals surface area contributed by atoms with Gasteiger partial charge in [0.1, 0.15) is 23.2 Å². The number of hydrogen-bond donors (Lipinski definition) is 0. The molecule has 0 bridgehead atoms. The standard InChI is InChI=1S/C27H25NO6/c1-17-5-7-18(8-6-17)9-14-22(29)25-23(30)16-21(19-10-12-20(33-2)13-11-19)27(28(31)32)26(25)24-4-3-15-34-24/h3-15,21,25-27H,16H2,1-2H3/b14-9+/t21-,25?,26+,27+/m1/s1. The summed E-state index contributed by atoms with van der Waals surface area (Å²) >= 11 is 0. The first-order valence-electron chi connectivity index (χ1n) is 11.0. The highest BCUT2D eigenvalue weighted by Gasteiger charge is 2.55. The van der Waals surface area contributed by atoms with Gasteiger partial charge in [-0.2, -0.15) is 0 Å². The average molecular weight is 459 g/mol. The Bertz CT molecular complexity index is 1190. The number of furan rings is 1. The summed E-state index contributed by atoms with van der Waals surface area (Å²) in [5.41, 5.74) is 2.54. The largest absolute Gasteiger partial charge is 0.497 e. The molecule has 0 radical (unpaired) electrons. The number of methoxy groups -OCH3 is 1. The second-order valence-electron chi connectivity index (χ2n) is 8.49. The minimum Gasteiger partial charge on any atom is -0.497 e. The third-order valence-corrected chi connectivity index (χ3v) is 6.39. The van der Waals surface area contributed by atoms with E-state index in [2.05, 4.69) is 0 Å². The lowest BCUT2D eigenvalue weighted by atomic mass is 9.65. The number of aryl methyl sites for hydroxylation is 1. The average Bonchev–Trinajstić information content (AvgIpc) is 3.37. The van der Waals surface area contributed by atoms with E-state index in [1.165, 1.54) is 19.4 Å². The first kappa shape index (κ1) is 23.2. The van der Waals surface area contributed by atoms with Crippen molar-refractivity contribution in [3.8, 4) is 5.75 Å². The van der Waals surface area contributed by atoms with Gasteiger partial charge in [0.15, 0.2) is 5.78 Å². The number of Topliss-reactive ketones (excluding diaryl/α,β-unsaturated/α-hetero) is 1. The number of ketones is 2. The van der Waals surface area contributed by atoms with Crippen LogP contribution >= 0.6 is 0 Å². The van der Waals surface area contributed by atoms with Gasteiger partial charge in [0.25, 0.3) is 0 Å². The summed E-state index contributed by atoms with van der Waals surface area (Å²) in [6.45, 7) is 1.96. The molecule has 0 spiro atoms. The van der Waals surface area contributed by atoms with Crippen molar-refractivity contribution in [1.82, 2.24) is 0 Å². The van der Waals surface area contributed by atoms with E-state index >= 15 is 0 Å². The predicted octanol–water partition coefficient (Wildman–Crippen LogP) is 4.98. The second-order valence-corrected chi connectivity index (χ2v) is 8.49. The third kappa shape index (κ3) is 4.69. The summed E-state index contributed by atoms with van der Waals surface area (Å²) < 4.78 is 10.7. The predicted molar refractivity (Wildman–Crippen MR) is 126 cm³/mol. The number of allylic oxidation sites excluding steroid dienone is 1. The van der Waals surface area contributed by atoms with E-state index in [0.717, 1.165) is 11.1 Å². The Kier molecular flexibility index (Phi) is 6.72. The lowest BCUT2D eigenvalue weighted by Crippen LogP contribution is -2.48. The van der Waals surface area contributed by atoms with Gasteiger partial charge in [-0.05, 0) is 48.4 Å². The van der Waals surface area contributed by atoms with Gasteiger partial charge in [0.05, 0.1) is 25.2 Å². The minimum absolute atomic E-state index is 0.107. The highest BCUT2D eigenvalue weighted by atomic mass is 16.6. The summed E-state index contributed by atoms with van der Waals surface area (Å²) in [6.07, 6.45) is 4.26. The number of hydrogen-bond acceptors (Lipinski definition) is 6. The van der Waals surface area contributed by atoms with Crippen LogP contribution in [0.15, 0.2) is 77.4 Å². The fourth-order valence-electron chi connectivity index (χ4n) is 4.67. The zero-order valence-corrected chi connectivity index (χ0v) is 18.9. The molecule has 1 aromatic heterocycles. The molecule has 34 heavy (non-hydrogen) atoms. The van der Waals surface area contributed by atoms with Crippen LogP contribution in [0, 0.1) is 23.0 Å². The molecule has 4 atom stereocenters. The molecule has 1 aliphatic rings. The molecule has 0 N–H and O–H groups in total. The van der Waals surface area contributed by atoms with Crippen LogP contribution in [0.4, 0.5) is 0 Å². The molecule has 4 rings (SSSR count). The fourth-order valence-corrected chi connectivity index (χ4v) is 4.67. The molecule has 2 aromatic carbocycles. The summed E-state index contributed by atoms with van der Waals surface area (Å²) in [6, 6.07) is 16.4. The van der Waals surface area contributed by atoms with E-state index in [-0.39, 0.29) is 18.0 Å². The van der Waals surface area contributed by atoms with E-state index in [0.29, 0.717) is 11.3 Å². The summed E-state index contributed by atoms with van der Waals surface area (Å²) in [7, 11) is 1.53. The number of rotatable bonds is 7. The number of benzene rings is 2. The van der Waals surface area contributed by atoms with Crippen LogP contribution in [-0.2, 0) is 9.59 Å². The van der Waals surface area contributed by atoms with E-state index in [9.17, 15) is 19.7 Å². The normalized spacial score (nSPS) is 22.6. The number of nitrogens with zero attached hydrogens (tertiary/aromatic N) is 1. The molecule has 0 amide bonds. The smallest absolute Gasteiger partial charge is 0.231 e. The van der Waals surface area contributed by atoms with Crippen LogP contribution in [0.1, 0.15) is 40.7 Å². The van der Waals surface area contributed by atoms with Crippen LogP contribution in [-0.4, -0.2) is 29.6 Å². The van der Waals surface area contributed by atoms with Crippen molar-refractivity contribution >= 4 is 17.6 Å². The molecule has 7 nitrogen and oxygen atoms in total. The maximum absolute atomic E-state index is 13.3. The van der Waals surface area contributed by atoms with Crippen molar-refractivity contribution in [2.75, 3.05) is 7.11 Å². The van der Waals surface area contributed by atoms with Crippen LogP contribution < -0.4 is 4.74 Å². The van der Waals surface area contributed by atoms with Gasteiger partial charge < -0.3 is 9.15 Å². The second kappa shape index (κ2) is 9.87. The number of carbonyl (C=O) groups excluding carboxylic acids is 2. The van der Waals surface area contributed by atoms with Gasteiger partial charge in [-0.25, -0.2) is 0 Å². The Hall–Kier alpha value is -4.00. The Morgan fingerprint density at radius 2 is 1.82 bits per heavy atom. The van der Waals surface area contributed by atoms with Crippen molar-refractivity contribution in [3.63, 3.8) is 0 Å². The van der Waals surface area contributed by atoms with Gasteiger partial charge in [0, 0.05) is 11.3 Å². The van der Waals surface area contributed by atoms with Gasteiger partial charge in [0.2, 0.25) is 6.04 Å². The van der Waals surface area contributed by atoms with Crippen LogP contribution in [0.3, 0.4) is 0 Å². The van der Waals surface area contributed by atoms with E-state index in [1.54, 1.807) is 42.5 Å². The molecule has 0 saturated heterocycles. The third-order valence-electron chi connectivity index (χ3n) is 6.39. The SMILES string of the molecule is COc1ccc([C@H]2CC(=O)C(C(=O)/C=C/c3ccc(C)cc3)[C@H](c3ccco3)[C@H]2[N+](=O)[O-])cc1. The minimum atomic E-state index is -1.21.